The van der Waals surface area contributed by atoms with Gasteiger partial charge in [0, 0.05) is 32.1 Å². The summed E-state index contributed by atoms with van der Waals surface area (Å²) in [5.74, 6) is 1.15. The van der Waals surface area contributed by atoms with Crippen molar-refractivity contribution in [1.29, 1.82) is 0 Å². The highest BCUT2D eigenvalue weighted by Crippen LogP contribution is 2.27. The molecule has 1 amide bonds. The SMILES string of the molecule is O=C(C1CCN(c2ncncc2Cl)CC1)N1CCOCC1. The summed E-state index contributed by atoms with van der Waals surface area (Å²) in [5, 5.41) is 0.565. The van der Waals surface area contributed by atoms with E-state index in [-0.39, 0.29) is 11.8 Å². The summed E-state index contributed by atoms with van der Waals surface area (Å²) in [6.07, 6.45) is 4.80. The number of aromatic nitrogens is 2. The number of nitrogens with zero attached hydrogens (tertiary/aromatic N) is 4. The number of carbonyl (C=O) groups excluding carboxylic acids is 1. The van der Waals surface area contributed by atoms with E-state index in [1.54, 1.807) is 6.20 Å². The van der Waals surface area contributed by atoms with Crippen LogP contribution in [0.4, 0.5) is 5.82 Å². The lowest BCUT2D eigenvalue weighted by atomic mass is 9.95. The van der Waals surface area contributed by atoms with Crippen molar-refractivity contribution >= 4 is 23.3 Å². The van der Waals surface area contributed by atoms with E-state index in [4.69, 9.17) is 16.3 Å². The molecule has 0 atom stereocenters. The zero-order valence-electron chi connectivity index (χ0n) is 11.9. The molecule has 0 aliphatic carbocycles. The van der Waals surface area contributed by atoms with Crippen LogP contribution in [-0.4, -0.2) is 60.2 Å². The van der Waals surface area contributed by atoms with Crippen molar-refractivity contribution in [3.63, 3.8) is 0 Å². The molecule has 2 aliphatic heterocycles. The van der Waals surface area contributed by atoms with Crippen molar-refractivity contribution in [2.75, 3.05) is 44.3 Å². The third kappa shape index (κ3) is 3.27. The second-order valence-electron chi connectivity index (χ2n) is 5.39. The Bertz CT molecular complexity index is 500. The molecule has 0 bridgehead atoms. The van der Waals surface area contributed by atoms with Crippen LogP contribution in [-0.2, 0) is 9.53 Å². The molecule has 0 N–H and O–H groups in total. The number of hydrogen-bond acceptors (Lipinski definition) is 5. The molecule has 0 spiro atoms. The molecule has 0 aromatic carbocycles. The Morgan fingerprint density at radius 3 is 2.62 bits per heavy atom. The van der Waals surface area contributed by atoms with E-state index in [0.29, 0.717) is 18.2 Å². The van der Waals surface area contributed by atoms with Crippen LogP contribution in [0.25, 0.3) is 0 Å². The molecular weight excluding hydrogens is 292 g/mol. The molecule has 2 aliphatic rings. The summed E-state index contributed by atoms with van der Waals surface area (Å²) in [7, 11) is 0. The molecule has 0 unspecified atom stereocenters. The largest absolute Gasteiger partial charge is 0.378 e. The summed E-state index contributed by atoms with van der Waals surface area (Å²) < 4.78 is 5.29. The van der Waals surface area contributed by atoms with Gasteiger partial charge in [0.05, 0.1) is 19.4 Å². The van der Waals surface area contributed by atoms with Crippen LogP contribution in [0.1, 0.15) is 12.8 Å². The van der Waals surface area contributed by atoms with E-state index in [1.807, 2.05) is 4.90 Å². The molecule has 0 saturated carbocycles. The number of amides is 1. The van der Waals surface area contributed by atoms with Crippen LogP contribution in [0.15, 0.2) is 12.5 Å². The fourth-order valence-corrected chi connectivity index (χ4v) is 3.14. The Kier molecular flexibility index (Phi) is 4.55. The van der Waals surface area contributed by atoms with Gasteiger partial charge in [-0.25, -0.2) is 9.97 Å². The summed E-state index contributed by atoms with van der Waals surface area (Å²) in [6.45, 7) is 4.35. The van der Waals surface area contributed by atoms with Gasteiger partial charge in [-0.2, -0.15) is 0 Å². The number of hydrogen-bond donors (Lipinski definition) is 0. The van der Waals surface area contributed by atoms with Crippen molar-refractivity contribution in [3.05, 3.63) is 17.5 Å². The predicted octanol–water partition coefficient (Wildman–Crippen LogP) is 1.21. The fourth-order valence-electron chi connectivity index (χ4n) is 2.92. The molecule has 6 nitrogen and oxygen atoms in total. The van der Waals surface area contributed by atoms with Gasteiger partial charge in [-0.1, -0.05) is 11.6 Å². The van der Waals surface area contributed by atoms with Crippen LogP contribution in [0.5, 0.6) is 0 Å². The number of carbonyl (C=O) groups is 1. The van der Waals surface area contributed by atoms with Gasteiger partial charge in [0.2, 0.25) is 5.91 Å². The minimum atomic E-state index is 0.111. The number of ether oxygens (including phenoxy) is 1. The Hall–Kier alpha value is -1.40. The molecule has 2 fully saturated rings. The average molecular weight is 311 g/mol. The maximum atomic E-state index is 12.5. The number of morpholine rings is 1. The summed E-state index contributed by atoms with van der Waals surface area (Å²) in [6, 6.07) is 0. The molecule has 1 aromatic heterocycles. The maximum absolute atomic E-state index is 12.5. The van der Waals surface area contributed by atoms with E-state index in [2.05, 4.69) is 14.9 Å². The smallest absolute Gasteiger partial charge is 0.225 e. The third-order valence-corrected chi connectivity index (χ3v) is 4.38. The molecule has 0 radical (unpaired) electrons. The first-order valence-electron chi connectivity index (χ1n) is 7.32. The van der Waals surface area contributed by atoms with Crippen LogP contribution >= 0.6 is 11.6 Å². The Morgan fingerprint density at radius 2 is 1.95 bits per heavy atom. The number of anilines is 1. The van der Waals surface area contributed by atoms with Gasteiger partial charge in [0.1, 0.15) is 11.3 Å². The van der Waals surface area contributed by atoms with E-state index in [0.717, 1.165) is 44.8 Å². The van der Waals surface area contributed by atoms with Crippen LogP contribution < -0.4 is 4.90 Å². The van der Waals surface area contributed by atoms with Crippen molar-refractivity contribution in [1.82, 2.24) is 14.9 Å². The minimum absolute atomic E-state index is 0.111. The molecule has 7 heteroatoms. The van der Waals surface area contributed by atoms with E-state index in [1.165, 1.54) is 6.33 Å². The highest BCUT2D eigenvalue weighted by Gasteiger charge is 2.30. The van der Waals surface area contributed by atoms with E-state index in [9.17, 15) is 4.79 Å². The van der Waals surface area contributed by atoms with Crippen LogP contribution in [0.3, 0.4) is 0 Å². The minimum Gasteiger partial charge on any atom is -0.378 e. The summed E-state index contributed by atoms with van der Waals surface area (Å²) >= 11 is 6.12. The van der Waals surface area contributed by atoms with Gasteiger partial charge in [0.15, 0.2) is 5.82 Å². The number of rotatable bonds is 2. The van der Waals surface area contributed by atoms with Crippen molar-refractivity contribution in [2.45, 2.75) is 12.8 Å². The zero-order chi connectivity index (χ0) is 14.7. The van der Waals surface area contributed by atoms with Gasteiger partial charge < -0.3 is 14.5 Å². The van der Waals surface area contributed by atoms with Crippen LogP contribution in [0, 0.1) is 5.92 Å². The Balaban J connectivity index is 1.57. The Morgan fingerprint density at radius 1 is 1.24 bits per heavy atom. The van der Waals surface area contributed by atoms with Gasteiger partial charge in [-0.3, -0.25) is 4.79 Å². The van der Waals surface area contributed by atoms with Crippen molar-refractivity contribution < 1.29 is 9.53 Å². The molecule has 2 saturated heterocycles. The molecule has 114 valence electrons. The molecular formula is C14H19ClN4O2. The topological polar surface area (TPSA) is 58.6 Å². The quantitative estimate of drug-likeness (QED) is 0.821. The lowest BCUT2D eigenvalue weighted by molar-refractivity contribution is -0.140. The van der Waals surface area contributed by atoms with Crippen molar-refractivity contribution in [2.24, 2.45) is 5.92 Å². The predicted molar refractivity (Wildman–Crippen MR) is 79.4 cm³/mol. The highest BCUT2D eigenvalue weighted by molar-refractivity contribution is 6.32. The fraction of sp³-hybridized carbons (Fsp3) is 0.643. The number of halogens is 1. The molecule has 1 aromatic rings. The normalized spacial score (nSPS) is 20.6. The van der Waals surface area contributed by atoms with Gasteiger partial charge in [-0.05, 0) is 12.8 Å². The van der Waals surface area contributed by atoms with Crippen LogP contribution in [0.2, 0.25) is 5.02 Å². The lowest BCUT2D eigenvalue weighted by Gasteiger charge is -2.36. The van der Waals surface area contributed by atoms with E-state index < -0.39 is 0 Å². The molecule has 3 rings (SSSR count). The van der Waals surface area contributed by atoms with Gasteiger partial charge in [-0.15, -0.1) is 0 Å². The maximum Gasteiger partial charge on any atom is 0.225 e. The number of piperidine rings is 1. The summed E-state index contributed by atoms with van der Waals surface area (Å²) in [5.41, 5.74) is 0. The Labute approximate surface area is 129 Å². The lowest BCUT2D eigenvalue weighted by Crippen LogP contribution is -2.47. The highest BCUT2D eigenvalue weighted by atomic mass is 35.5. The third-order valence-electron chi connectivity index (χ3n) is 4.11. The van der Waals surface area contributed by atoms with Crippen molar-refractivity contribution in [3.8, 4) is 0 Å². The molecule has 21 heavy (non-hydrogen) atoms. The van der Waals surface area contributed by atoms with Gasteiger partial charge >= 0.3 is 0 Å². The molecule has 3 heterocycles. The van der Waals surface area contributed by atoms with E-state index >= 15 is 0 Å². The first-order valence-corrected chi connectivity index (χ1v) is 7.70. The standard InChI is InChI=1S/C14H19ClN4O2/c15-12-9-16-10-17-13(12)18-3-1-11(2-4-18)14(20)19-5-7-21-8-6-19/h9-11H,1-8H2. The first-order chi connectivity index (χ1) is 10.3. The second-order valence-corrected chi connectivity index (χ2v) is 5.80. The zero-order valence-corrected chi connectivity index (χ0v) is 12.6. The average Bonchev–Trinajstić information content (AvgIpc) is 2.56. The first kappa shape index (κ1) is 14.5. The second kappa shape index (κ2) is 6.58. The monoisotopic (exact) mass is 310 g/mol. The summed E-state index contributed by atoms with van der Waals surface area (Å²) in [4.78, 5) is 24.7. The van der Waals surface area contributed by atoms with Gasteiger partial charge in [0.25, 0.3) is 0 Å².